The van der Waals surface area contributed by atoms with Crippen LogP contribution < -0.4 is 0 Å². The maximum Gasteiger partial charge on any atom is 0.309 e. The number of ether oxygens (including phenoxy) is 1. The molecule has 0 aromatic carbocycles. The zero-order valence-corrected chi connectivity index (χ0v) is 9.66. The van der Waals surface area contributed by atoms with Gasteiger partial charge in [0.2, 0.25) is 0 Å². The van der Waals surface area contributed by atoms with Crippen molar-refractivity contribution in [3.05, 3.63) is 0 Å². The average molecular weight is 215 g/mol. The van der Waals surface area contributed by atoms with Gasteiger partial charge in [-0.25, -0.2) is 0 Å². The smallest absolute Gasteiger partial charge is 0.309 e. The van der Waals surface area contributed by atoms with E-state index >= 15 is 0 Å². The van der Waals surface area contributed by atoms with E-state index in [1.807, 2.05) is 13.8 Å². The summed E-state index contributed by atoms with van der Waals surface area (Å²) >= 11 is 0. The number of hydrogen-bond acceptors (Lipinski definition) is 3. The molecule has 0 radical (unpaired) electrons. The predicted molar refractivity (Wildman–Crippen MR) is 57.9 cm³/mol. The Morgan fingerprint density at radius 3 is 2.53 bits per heavy atom. The first-order valence-electron chi connectivity index (χ1n) is 5.62. The van der Waals surface area contributed by atoms with Crippen molar-refractivity contribution >= 4 is 5.97 Å². The maximum absolute atomic E-state index is 11.0. The molecule has 4 nitrogen and oxygen atoms in total. The van der Waals surface area contributed by atoms with Crippen molar-refractivity contribution in [1.29, 1.82) is 0 Å². The molecule has 1 heterocycles. The number of rotatable bonds is 5. The fourth-order valence-electron chi connectivity index (χ4n) is 1.82. The summed E-state index contributed by atoms with van der Waals surface area (Å²) in [6, 6.07) is 0. The summed E-state index contributed by atoms with van der Waals surface area (Å²) in [7, 11) is 0. The first-order chi connectivity index (χ1) is 7.08. The first-order valence-corrected chi connectivity index (χ1v) is 5.62. The van der Waals surface area contributed by atoms with Crippen molar-refractivity contribution < 1.29 is 14.6 Å². The van der Waals surface area contributed by atoms with Crippen LogP contribution in [0.1, 0.15) is 26.7 Å². The van der Waals surface area contributed by atoms with Crippen LogP contribution in [0.25, 0.3) is 0 Å². The number of hydrogen-bond donors (Lipinski definition) is 1. The minimum absolute atomic E-state index is 0.512. The zero-order valence-electron chi connectivity index (χ0n) is 9.66. The molecule has 1 aliphatic rings. The van der Waals surface area contributed by atoms with Crippen molar-refractivity contribution in [2.24, 2.45) is 5.41 Å². The van der Waals surface area contributed by atoms with Gasteiger partial charge in [-0.3, -0.25) is 4.79 Å². The van der Waals surface area contributed by atoms with Gasteiger partial charge in [0.25, 0.3) is 0 Å². The van der Waals surface area contributed by atoms with Crippen LogP contribution in [0.5, 0.6) is 0 Å². The number of carboxylic acids is 1. The molecule has 0 spiro atoms. The van der Waals surface area contributed by atoms with Gasteiger partial charge in [-0.05, 0) is 39.8 Å². The van der Waals surface area contributed by atoms with E-state index in [1.165, 1.54) is 0 Å². The molecule has 0 aromatic rings. The quantitative estimate of drug-likeness (QED) is 0.700. The number of nitrogens with zero attached hydrogens (tertiary/aromatic N) is 1. The summed E-state index contributed by atoms with van der Waals surface area (Å²) in [5.41, 5.74) is -0.512. The largest absolute Gasteiger partial charge is 0.481 e. The molecule has 0 aromatic heterocycles. The Kier molecular flexibility index (Phi) is 4.54. The molecule has 1 N–H and O–H groups in total. The first kappa shape index (κ1) is 12.5. The fraction of sp³-hybridized carbons (Fsp3) is 0.909. The maximum atomic E-state index is 11.0. The lowest BCUT2D eigenvalue weighted by Gasteiger charge is -2.36. The SMILES string of the molecule is CCOCCN1CCC(C)(C(=O)O)CC1. The van der Waals surface area contributed by atoms with Crippen molar-refractivity contribution in [3.63, 3.8) is 0 Å². The van der Waals surface area contributed by atoms with Crippen molar-refractivity contribution in [1.82, 2.24) is 4.90 Å². The molecule has 0 unspecified atom stereocenters. The normalized spacial score (nSPS) is 21.5. The molecule has 0 saturated carbocycles. The summed E-state index contributed by atoms with van der Waals surface area (Å²) in [4.78, 5) is 13.3. The third kappa shape index (κ3) is 3.47. The van der Waals surface area contributed by atoms with Gasteiger partial charge in [-0.2, -0.15) is 0 Å². The van der Waals surface area contributed by atoms with Crippen molar-refractivity contribution in [3.8, 4) is 0 Å². The molecule has 0 bridgehead atoms. The molecule has 0 atom stereocenters. The molecule has 15 heavy (non-hydrogen) atoms. The van der Waals surface area contributed by atoms with Crippen LogP contribution in [-0.4, -0.2) is 48.8 Å². The van der Waals surface area contributed by atoms with Crippen LogP contribution in [-0.2, 0) is 9.53 Å². The van der Waals surface area contributed by atoms with Gasteiger partial charge in [0.05, 0.1) is 12.0 Å². The van der Waals surface area contributed by atoms with Crippen LogP contribution >= 0.6 is 0 Å². The Morgan fingerprint density at radius 2 is 2.07 bits per heavy atom. The Hall–Kier alpha value is -0.610. The highest BCUT2D eigenvalue weighted by atomic mass is 16.5. The predicted octanol–water partition coefficient (Wildman–Crippen LogP) is 1.21. The lowest BCUT2D eigenvalue weighted by Crippen LogP contribution is -2.43. The lowest BCUT2D eigenvalue weighted by atomic mass is 9.80. The molecular weight excluding hydrogens is 194 g/mol. The standard InChI is InChI=1S/C11H21NO3/c1-3-15-9-8-12-6-4-11(2,5-7-12)10(13)14/h3-9H2,1-2H3,(H,13,14). The van der Waals surface area contributed by atoms with E-state index in [2.05, 4.69) is 4.90 Å². The Balaban J connectivity index is 2.26. The van der Waals surface area contributed by atoms with Crippen LogP contribution in [0, 0.1) is 5.41 Å². The minimum atomic E-state index is -0.660. The zero-order chi connectivity index (χ0) is 11.3. The van der Waals surface area contributed by atoms with Gasteiger partial charge in [-0.1, -0.05) is 0 Å². The lowest BCUT2D eigenvalue weighted by molar-refractivity contribution is -0.150. The summed E-state index contributed by atoms with van der Waals surface area (Å²) in [5, 5.41) is 9.05. The van der Waals surface area contributed by atoms with Gasteiger partial charge in [0, 0.05) is 13.2 Å². The molecule has 1 saturated heterocycles. The molecule has 0 amide bonds. The second-order valence-electron chi connectivity index (χ2n) is 4.40. The highest BCUT2D eigenvalue weighted by Gasteiger charge is 2.36. The minimum Gasteiger partial charge on any atom is -0.481 e. The van der Waals surface area contributed by atoms with Gasteiger partial charge in [0.15, 0.2) is 0 Å². The van der Waals surface area contributed by atoms with Crippen molar-refractivity contribution in [2.75, 3.05) is 32.8 Å². The van der Waals surface area contributed by atoms with Gasteiger partial charge >= 0.3 is 5.97 Å². The number of carbonyl (C=O) groups is 1. The van der Waals surface area contributed by atoms with Crippen LogP contribution in [0.3, 0.4) is 0 Å². The number of aliphatic carboxylic acids is 1. The van der Waals surface area contributed by atoms with E-state index in [-0.39, 0.29) is 0 Å². The summed E-state index contributed by atoms with van der Waals surface area (Å²) in [5.74, 6) is -0.660. The Labute approximate surface area is 91.2 Å². The molecular formula is C11H21NO3. The molecule has 1 rings (SSSR count). The molecule has 1 fully saturated rings. The van der Waals surface area contributed by atoms with Crippen LogP contribution in [0.15, 0.2) is 0 Å². The highest BCUT2D eigenvalue weighted by Crippen LogP contribution is 2.30. The van der Waals surface area contributed by atoms with Crippen LogP contribution in [0.2, 0.25) is 0 Å². The molecule has 1 aliphatic heterocycles. The number of carboxylic acid groups (broad SMARTS) is 1. The van der Waals surface area contributed by atoms with E-state index in [0.717, 1.165) is 45.7 Å². The third-order valence-corrected chi connectivity index (χ3v) is 3.23. The number of likely N-dealkylation sites (tertiary alicyclic amines) is 1. The third-order valence-electron chi connectivity index (χ3n) is 3.23. The van der Waals surface area contributed by atoms with E-state index in [1.54, 1.807) is 0 Å². The topological polar surface area (TPSA) is 49.8 Å². The molecule has 0 aliphatic carbocycles. The monoisotopic (exact) mass is 215 g/mol. The Morgan fingerprint density at radius 1 is 1.47 bits per heavy atom. The van der Waals surface area contributed by atoms with Crippen LogP contribution in [0.4, 0.5) is 0 Å². The summed E-state index contributed by atoms with van der Waals surface area (Å²) in [6.45, 7) is 7.99. The highest BCUT2D eigenvalue weighted by molar-refractivity contribution is 5.74. The molecule has 88 valence electrons. The van der Waals surface area contributed by atoms with E-state index < -0.39 is 11.4 Å². The number of piperidine rings is 1. The van der Waals surface area contributed by atoms with E-state index in [9.17, 15) is 4.79 Å². The van der Waals surface area contributed by atoms with E-state index in [4.69, 9.17) is 9.84 Å². The van der Waals surface area contributed by atoms with Gasteiger partial charge in [-0.15, -0.1) is 0 Å². The fourth-order valence-corrected chi connectivity index (χ4v) is 1.82. The molecule has 4 heteroatoms. The van der Waals surface area contributed by atoms with Gasteiger partial charge in [0.1, 0.15) is 0 Å². The second-order valence-corrected chi connectivity index (χ2v) is 4.40. The Bertz CT molecular complexity index is 210. The summed E-state index contributed by atoms with van der Waals surface area (Å²) < 4.78 is 5.28. The second kappa shape index (κ2) is 5.47. The van der Waals surface area contributed by atoms with Crippen molar-refractivity contribution in [2.45, 2.75) is 26.7 Å². The van der Waals surface area contributed by atoms with E-state index in [0.29, 0.717) is 0 Å². The summed E-state index contributed by atoms with van der Waals surface area (Å²) in [6.07, 6.45) is 1.49. The van der Waals surface area contributed by atoms with Gasteiger partial charge < -0.3 is 14.7 Å². The average Bonchev–Trinajstić information content (AvgIpc) is 2.21.